The normalized spacial score (nSPS) is 16.8. The number of benzene rings is 2. The molecule has 0 unspecified atom stereocenters. The number of carboxylic acid groups (broad SMARTS) is 1. The Balaban J connectivity index is 1.48. The SMILES string of the molecule is CN(CCCC(=O)O)C(=O)N(c1nn(CC(F)(F)F)c2c(-c3ccc(C#CC(C)(C)S(C)(=O)=O)nc3[C@H](Cc3cc(F)cc(F)c3)NC(=O)Cn3nc(C(F)(F)F)c4c3C(F)(F)[C@@H]3C[C@H]43)ccc(Cl)c12)S(C)(=O)=O. The summed E-state index contributed by atoms with van der Waals surface area (Å²) in [5.41, 5.74) is -6.04. The molecule has 2 aliphatic carbocycles. The molecule has 2 N–H and O–H groups in total. The summed E-state index contributed by atoms with van der Waals surface area (Å²) >= 11 is 6.65. The van der Waals surface area contributed by atoms with Crippen LogP contribution in [0.25, 0.3) is 22.0 Å². The topological polar surface area (TPSA) is 207 Å². The van der Waals surface area contributed by atoms with Crippen LogP contribution < -0.4 is 9.62 Å². The molecule has 74 heavy (non-hydrogen) atoms. The summed E-state index contributed by atoms with van der Waals surface area (Å²) in [7, 11) is -7.71. The number of aromatic nitrogens is 5. The van der Waals surface area contributed by atoms with E-state index in [1.54, 1.807) is 0 Å². The Morgan fingerprint density at radius 3 is 2.18 bits per heavy atom. The molecule has 3 heterocycles. The second-order valence-electron chi connectivity index (χ2n) is 18.2. The van der Waals surface area contributed by atoms with E-state index >= 15 is 8.78 Å². The molecule has 398 valence electrons. The predicted molar refractivity (Wildman–Crippen MR) is 245 cm³/mol. The van der Waals surface area contributed by atoms with Crippen molar-refractivity contribution in [3.63, 3.8) is 0 Å². The maximum atomic E-state index is 15.6. The van der Waals surface area contributed by atoms with Gasteiger partial charge in [-0.2, -0.15) is 49.6 Å². The van der Waals surface area contributed by atoms with Gasteiger partial charge in [0.25, 0.3) is 5.92 Å². The van der Waals surface area contributed by atoms with Crippen molar-refractivity contribution in [1.29, 1.82) is 0 Å². The molecule has 1 fully saturated rings. The molecule has 7 rings (SSSR count). The molecule has 1 saturated carbocycles. The quantitative estimate of drug-likeness (QED) is 0.0759. The molecular formula is C45H41ClF10N8O8S2. The Labute approximate surface area is 419 Å². The highest BCUT2D eigenvalue weighted by Crippen LogP contribution is 2.68. The molecule has 29 heteroatoms. The molecule has 0 saturated heterocycles. The molecule has 0 aliphatic heterocycles. The van der Waals surface area contributed by atoms with E-state index in [4.69, 9.17) is 16.7 Å². The van der Waals surface area contributed by atoms with E-state index in [1.807, 2.05) is 0 Å². The molecule has 3 amide bonds. The van der Waals surface area contributed by atoms with Crippen molar-refractivity contribution in [2.75, 3.05) is 30.4 Å². The zero-order valence-electron chi connectivity index (χ0n) is 39.1. The lowest BCUT2D eigenvalue weighted by Crippen LogP contribution is -2.45. The van der Waals surface area contributed by atoms with Crippen LogP contribution in [0.4, 0.5) is 54.5 Å². The number of rotatable bonds is 15. The number of nitrogens with zero attached hydrogens (tertiary/aromatic N) is 7. The van der Waals surface area contributed by atoms with Gasteiger partial charge in [-0.05, 0) is 80.8 Å². The number of sulfone groups is 1. The average molecular weight is 1110 g/mol. The van der Waals surface area contributed by atoms with Gasteiger partial charge in [-0.15, -0.1) is 0 Å². The van der Waals surface area contributed by atoms with Gasteiger partial charge < -0.3 is 15.3 Å². The Hall–Kier alpha value is -6.47. The first-order chi connectivity index (χ1) is 34.0. The van der Waals surface area contributed by atoms with Crippen LogP contribution in [-0.4, -0.2) is 106 Å². The number of carbonyl (C=O) groups is 3. The van der Waals surface area contributed by atoms with Crippen LogP contribution >= 0.6 is 11.6 Å². The Morgan fingerprint density at radius 2 is 1.59 bits per heavy atom. The van der Waals surface area contributed by atoms with Gasteiger partial charge in [-0.1, -0.05) is 23.6 Å². The van der Waals surface area contributed by atoms with Crippen LogP contribution in [0.2, 0.25) is 5.02 Å². The van der Waals surface area contributed by atoms with E-state index in [1.165, 1.54) is 13.8 Å². The van der Waals surface area contributed by atoms with Crippen molar-refractivity contribution in [3.05, 3.63) is 93.0 Å². The molecule has 5 aromatic rings. The number of hydrogen-bond acceptors (Lipinski definition) is 10. The summed E-state index contributed by atoms with van der Waals surface area (Å²) in [6, 6.07) is 3.24. The first-order valence-electron chi connectivity index (χ1n) is 21.8. The van der Waals surface area contributed by atoms with Crippen molar-refractivity contribution in [1.82, 2.24) is 34.8 Å². The van der Waals surface area contributed by atoms with E-state index < -0.39 is 161 Å². The third kappa shape index (κ3) is 11.3. The number of alkyl halides is 8. The number of anilines is 1. The third-order valence-electron chi connectivity index (χ3n) is 12.2. The minimum atomic E-state index is -5.23. The number of carbonyl (C=O) groups excluding carboxylic acids is 2. The van der Waals surface area contributed by atoms with Crippen LogP contribution in [0.15, 0.2) is 42.5 Å². The highest BCUT2D eigenvalue weighted by molar-refractivity contribution is 7.93. The fourth-order valence-corrected chi connectivity index (χ4v) is 9.85. The number of sulfonamides is 1. The third-order valence-corrected chi connectivity index (χ3v) is 15.5. The number of hydrogen-bond donors (Lipinski definition) is 2. The molecule has 3 atom stereocenters. The van der Waals surface area contributed by atoms with Crippen LogP contribution in [-0.2, 0) is 61.1 Å². The van der Waals surface area contributed by atoms with Gasteiger partial charge in [0.15, 0.2) is 21.3 Å². The number of carboxylic acids is 1. The maximum Gasteiger partial charge on any atom is 0.435 e. The zero-order chi connectivity index (χ0) is 55.0. The Bertz CT molecular complexity index is 3410. The minimum absolute atomic E-state index is 0.0325. The van der Waals surface area contributed by atoms with Crippen molar-refractivity contribution >= 4 is 66.1 Å². The summed E-state index contributed by atoms with van der Waals surface area (Å²) in [4.78, 5) is 44.6. The maximum absolute atomic E-state index is 15.6. The zero-order valence-corrected chi connectivity index (χ0v) is 41.5. The van der Waals surface area contributed by atoms with E-state index in [0.717, 1.165) is 54.6 Å². The first-order valence-corrected chi connectivity index (χ1v) is 25.9. The van der Waals surface area contributed by atoms with Gasteiger partial charge in [0.2, 0.25) is 15.9 Å². The standard InChI is InChI=1S/C45H41ClF10N8O8S2/c1-42(2,73(4,69)70)13-12-25-8-9-26(27-10-11-30(46)35-37(27)63(21-43(49,50)51)60-40(35)64(74(5,71)72)41(68)61(3)14-6-7-33(66)67)36(57-25)31(17-22-15-23(47)18-24(48)16-22)58-32(65)20-62-39-34(38(59-62)45(54,55)56)28-19-29(28)44(39,52)53/h8-11,15-16,18,28-29,31H,6-7,14,17,19-21H2,1-5H3,(H,58,65)(H,66,67)/t28-,29+,31-/m0/s1. The van der Waals surface area contributed by atoms with Crippen LogP contribution in [0, 0.1) is 29.4 Å². The Kier molecular flexibility index (Phi) is 14.5. The van der Waals surface area contributed by atoms with Crippen LogP contribution in [0.3, 0.4) is 0 Å². The lowest BCUT2D eigenvalue weighted by molar-refractivity contribution is -0.143. The number of fused-ring (bicyclic) bond motifs is 4. The fraction of sp³-hybridized carbons (Fsp3) is 0.422. The van der Waals surface area contributed by atoms with Crippen molar-refractivity contribution in [2.45, 2.75) is 87.6 Å². The molecular weight excluding hydrogens is 1070 g/mol. The van der Waals surface area contributed by atoms with Crippen molar-refractivity contribution in [2.24, 2.45) is 5.92 Å². The number of urea groups is 1. The summed E-state index contributed by atoms with van der Waals surface area (Å²) in [6.07, 6.45) is -10.7. The minimum Gasteiger partial charge on any atom is -0.481 e. The highest BCUT2D eigenvalue weighted by atomic mass is 35.5. The average Bonchev–Trinajstić information content (AvgIpc) is 3.76. The predicted octanol–water partition coefficient (Wildman–Crippen LogP) is 7.97. The largest absolute Gasteiger partial charge is 0.481 e. The molecule has 2 aliphatic rings. The van der Waals surface area contributed by atoms with E-state index in [9.17, 15) is 66.3 Å². The number of aliphatic carboxylic acids is 1. The fourth-order valence-electron chi connectivity index (χ4n) is 8.51. The molecule has 2 aromatic carbocycles. The summed E-state index contributed by atoms with van der Waals surface area (Å²) < 4.78 is 198. The van der Waals surface area contributed by atoms with Crippen molar-refractivity contribution < 1.29 is 80.2 Å². The van der Waals surface area contributed by atoms with E-state index in [2.05, 4.69) is 32.3 Å². The van der Waals surface area contributed by atoms with Crippen molar-refractivity contribution in [3.8, 4) is 23.0 Å². The van der Waals surface area contributed by atoms with Gasteiger partial charge in [-0.25, -0.2) is 35.4 Å². The summed E-state index contributed by atoms with van der Waals surface area (Å²) in [6.45, 7) is -1.24. The summed E-state index contributed by atoms with van der Waals surface area (Å²) in [5.74, 6) is -7.40. The van der Waals surface area contributed by atoms with E-state index in [0.29, 0.717) is 12.3 Å². The molecule has 0 spiro atoms. The van der Waals surface area contributed by atoms with Gasteiger partial charge in [-0.3, -0.25) is 19.0 Å². The van der Waals surface area contributed by atoms with Gasteiger partial charge in [0, 0.05) is 54.9 Å². The molecule has 0 radical (unpaired) electrons. The lowest BCUT2D eigenvalue weighted by Gasteiger charge is -2.25. The van der Waals surface area contributed by atoms with Crippen LogP contribution in [0.5, 0.6) is 0 Å². The van der Waals surface area contributed by atoms with E-state index in [-0.39, 0.29) is 55.4 Å². The molecule has 16 nitrogen and oxygen atoms in total. The van der Waals surface area contributed by atoms with Gasteiger partial charge in [0.1, 0.15) is 40.9 Å². The van der Waals surface area contributed by atoms with Crippen LogP contribution in [0.1, 0.15) is 79.0 Å². The summed E-state index contributed by atoms with van der Waals surface area (Å²) in [5, 5.41) is 17.7. The van der Waals surface area contributed by atoms with Gasteiger partial charge >= 0.3 is 24.4 Å². The monoisotopic (exact) mass is 1110 g/mol. The number of pyridine rings is 1. The number of amides is 3. The second kappa shape index (κ2) is 19.3. The highest BCUT2D eigenvalue weighted by Gasteiger charge is 2.68. The second-order valence-corrected chi connectivity index (χ2v) is 23.0. The number of halogens is 11. The smallest absolute Gasteiger partial charge is 0.435 e. The molecule has 3 aromatic heterocycles. The van der Waals surface area contributed by atoms with Gasteiger partial charge in [0.05, 0.1) is 33.9 Å². The first kappa shape index (κ1) is 55.3. The molecule has 0 bridgehead atoms. The number of nitrogens with one attached hydrogen (secondary N) is 1. The Morgan fingerprint density at radius 1 is 0.959 bits per heavy atom. The lowest BCUT2D eigenvalue weighted by atomic mass is 9.93.